The van der Waals surface area contributed by atoms with Crippen LogP contribution in [0, 0.1) is 0 Å². The van der Waals surface area contributed by atoms with Crippen LogP contribution in [0.15, 0.2) is 48.5 Å². The Morgan fingerprint density at radius 3 is 2.41 bits per heavy atom. The molecule has 1 aliphatic rings. The Morgan fingerprint density at radius 1 is 1.03 bits per heavy atom. The van der Waals surface area contributed by atoms with E-state index in [-0.39, 0.29) is 12.0 Å². The molecular weight excluding hydrogens is 370 g/mol. The second-order valence-electron chi connectivity index (χ2n) is 7.72. The molecule has 152 valence electrons. The van der Waals surface area contributed by atoms with Gasteiger partial charge in [-0.05, 0) is 46.9 Å². The first-order chi connectivity index (χ1) is 13.8. The van der Waals surface area contributed by atoms with Crippen molar-refractivity contribution in [1.82, 2.24) is 0 Å². The molecule has 2 aromatic rings. The van der Waals surface area contributed by atoms with Crippen molar-refractivity contribution in [3.8, 4) is 11.5 Å². The Balaban J connectivity index is 1.47. The largest absolute Gasteiger partial charge is 0.486 e. The molecule has 0 atom stereocenters. The number of hydrogen-bond donors (Lipinski definition) is 1. The van der Waals surface area contributed by atoms with Gasteiger partial charge in [-0.3, -0.25) is 4.79 Å². The quantitative estimate of drug-likeness (QED) is 0.613. The Kier molecular flexibility index (Phi) is 6.22. The summed E-state index contributed by atoms with van der Waals surface area (Å²) >= 11 is 0. The van der Waals surface area contributed by atoms with Crippen LogP contribution >= 0.6 is 0 Å². The molecule has 1 heterocycles. The van der Waals surface area contributed by atoms with Gasteiger partial charge >= 0.3 is 5.97 Å². The van der Waals surface area contributed by atoms with Crippen molar-refractivity contribution < 1.29 is 23.8 Å². The van der Waals surface area contributed by atoms with Crippen molar-refractivity contribution in [3.05, 3.63) is 59.7 Å². The summed E-state index contributed by atoms with van der Waals surface area (Å²) in [6, 6.07) is 13.0. The molecule has 0 bridgehead atoms. The topological polar surface area (TPSA) is 73.9 Å². The van der Waals surface area contributed by atoms with Gasteiger partial charge in [-0.1, -0.05) is 39.0 Å². The van der Waals surface area contributed by atoms with Crippen molar-refractivity contribution >= 4 is 23.6 Å². The number of anilines is 1. The van der Waals surface area contributed by atoms with E-state index in [2.05, 4.69) is 26.1 Å². The lowest BCUT2D eigenvalue weighted by Gasteiger charge is -2.19. The van der Waals surface area contributed by atoms with Gasteiger partial charge < -0.3 is 19.5 Å². The summed E-state index contributed by atoms with van der Waals surface area (Å²) in [7, 11) is 0. The Bertz CT molecular complexity index is 910. The average Bonchev–Trinajstić information content (AvgIpc) is 2.70. The molecular formula is C23H25NO5. The van der Waals surface area contributed by atoms with Crippen LogP contribution in [-0.2, 0) is 19.7 Å². The minimum absolute atomic E-state index is 0.0433. The lowest BCUT2D eigenvalue weighted by atomic mass is 9.87. The third-order valence-electron chi connectivity index (χ3n) is 4.36. The summed E-state index contributed by atoms with van der Waals surface area (Å²) in [4.78, 5) is 23.9. The summed E-state index contributed by atoms with van der Waals surface area (Å²) in [5, 5.41) is 2.71. The third-order valence-corrected chi connectivity index (χ3v) is 4.36. The number of hydrogen-bond acceptors (Lipinski definition) is 5. The van der Waals surface area contributed by atoms with E-state index >= 15 is 0 Å². The SMILES string of the molecule is CC(C)(C)c1ccc(NC(=O)COC(=O)C=Cc2ccc3c(c2)OCCO3)cc1. The number of ether oxygens (including phenoxy) is 3. The number of carbonyl (C=O) groups excluding carboxylic acids is 2. The highest BCUT2D eigenvalue weighted by Crippen LogP contribution is 2.31. The van der Waals surface area contributed by atoms with E-state index in [1.165, 1.54) is 11.6 Å². The number of rotatable bonds is 5. The smallest absolute Gasteiger partial charge is 0.331 e. The van der Waals surface area contributed by atoms with Crippen LogP contribution in [0.3, 0.4) is 0 Å². The van der Waals surface area contributed by atoms with E-state index in [4.69, 9.17) is 14.2 Å². The van der Waals surface area contributed by atoms with Gasteiger partial charge in [0, 0.05) is 11.8 Å². The van der Waals surface area contributed by atoms with E-state index in [1.54, 1.807) is 18.2 Å². The molecule has 0 saturated carbocycles. The van der Waals surface area contributed by atoms with E-state index in [9.17, 15) is 9.59 Å². The normalized spacial score (nSPS) is 13.2. The molecule has 3 rings (SSSR count). The number of esters is 1. The van der Waals surface area contributed by atoms with Gasteiger partial charge in [0.25, 0.3) is 5.91 Å². The summed E-state index contributed by atoms with van der Waals surface area (Å²) in [5.41, 5.74) is 2.65. The molecule has 0 aliphatic carbocycles. The second-order valence-corrected chi connectivity index (χ2v) is 7.72. The van der Waals surface area contributed by atoms with E-state index in [1.807, 2.05) is 30.3 Å². The Labute approximate surface area is 170 Å². The molecule has 0 unspecified atom stereocenters. The molecule has 0 spiro atoms. The standard InChI is InChI=1S/C23H25NO5/c1-23(2,3)17-6-8-18(9-7-17)24-21(25)15-29-22(26)11-5-16-4-10-19-20(14-16)28-13-12-27-19/h4-11,14H,12-13,15H2,1-3H3,(H,24,25). The van der Waals surface area contributed by atoms with E-state index < -0.39 is 11.9 Å². The van der Waals surface area contributed by atoms with Gasteiger partial charge in [-0.15, -0.1) is 0 Å². The minimum Gasteiger partial charge on any atom is -0.486 e. The van der Waals surface area contributed by atoms with Crippen molar-refractivity contribution in [1.29, 1.82) is 0 Å². The van der Waals surface area contributed by atoms with Gasteiger partial charge in [0.2, 0.25) is 0 Å². The highest BCUT2D eigenvalue weighted by atomic mass is 16.6. The molecule has 6 nitrogen and oxygen atoms in total. The molecule has 1 aliphatic heterocycles. The number of amides is 1. The molecule has 2 aromatic carbocycles. The van der Waals surface area contributed by atoms with Gasteiger partial charge in [-0.25, -0.2) is 4.79 Å². The molecule has 0 saturated heterocycles. The van der Waals surface area contributed by atoms with Crippen molar-refractivity contribution in [2.45, 2.75) is 26.2 Å². The first-order valence-corrected chi connectivity index (χ1v) is 9.46. The summed E-state index contributed by atoms with van der Waals surface area (Å²) in [5.74, 6) is 0.333. The monoisotopic (exact) mass is 395 g/mol. The van der Waals surface area contributed by atoms with Crippen LogP contribution in [0.1, 0.15) is 31.9 Å². The first-order valence-electron chi connectivity index (χ1n) is 9.46. The van der Waals surface area contributed by atoms with Gasteiger partial charge in [-0.2, -0.15) is 0 Å². The zero-order valence-corrected chi connectivity index (χ0v) is 16.9. The highest BCUT2D eigenvalue weighted by molar-refractivity contribution is 5.94. The van der Waals surface area contributed by atoms with Crippen molar-refractivity contribution in [2.24, 2.45) is 0 Å². The predicted molar refractivity (Wildman–Crippen MR) is 111 cm³/mol. The Hall–Kier alpha value is -3.28. The number of carbonyl (C=O) groups is 2. The van der Waals surface area contributed by atoms with Crippen LogP contribution in [0.5, 0.6) is 11.5 Å². The van der Waals surface area contributed by atoms with E-state index in [0.29, 0.717) is 30.4 Å². The molecule has 0 fully saturated rings. The van der Waals surface area contributed by atoms with Crippen LogP contribution in [0.2, 0.25) is 0 Å². The minimum atomic E-state index is -0.599. The van der Waals surface area contributed by atoms with Gasteiger partial charge in [0.15, 0.2) is 18.1 Å². The maximum absolute atomic E-state index is 12.0. The molecule has 1 N–H and O–H groups in total. The maximum atomic E-state index is 12.0. The second kappa shape index (κ2) is 8.82. The number of benzene rings is 2. The lowest BCUT2D eigenvalue weighted by Crippen LogP contribution is -2.20. The lowest BCUT2D eigenvalue weighted by molar-refractivity contribution is -0.142. The fourth-order valence-electron chi connectivity index (χ4n) is 2.76. The van der Waals surface area contributed by atoms with Crippen LogP contribution in [0.25, 0.3) is 6.08 Å². The van der Waals surface area contributed by atoms with E-state index in [0.717, 1.165) is 5.56 Å². The number of fused-ring (bicyclic) bond motifs is 1. The zero-order valence-electron chi connectivity index (χ0n) is 16.9. The van der Waals surface area contributed by atoms with Crippen LogP contribution < -0.4 is 14.8 Å². The van der Waals surface area contributed by atoms with Gasteiger partial charge in [0.1, 0.15) is 13.2 Å². The zero-order chi connectivity index (χ0) is 20.9. The molecule has 0 aromatic heterocycles. The van der Waals surface area contributed by atoms with Gasteiger partial charge in [0.05, 0.1) is 0 Å². The fraction of sp³-hybridized carbons (Fsp3) is 0.304. The fourth-order valence-corrected chi connectivity index (χ4v) is 2.76. The predicted octanol–water partition coefficient (Wildman–Crippen LogP) is 3.95. The van der Waals surface area contributed by atoms with Crippen LogP contribution in [-0.4, -0.2) is 31.7 Å². The van der Waals surface area contributed by atoms with Crippen molar-refractivity contribution in [2.75, 3.05) is 25.1 Å². The summed E-state index contributed by atoms with van der Waals surface area (Å²) < 4.78 is 16.0. The third kappa shape index (κ3) is 5.85. The Morgan fingerprint density at radius 2 is 1.72 bits per heavy atom. The summed E-state index contributed by atoms with van der Waals surface area (Å²) in [6.45, 7) is 7.04. The molecule has 1 amide bonds. The van der Waals surface area contributed by atoms with Crippen LogP contribution in [0.4, 0.5) is 5.69 Å². The summed E-state index contributed by atoms with van der Waals surface area (Å²) in [6.07, 6.45) is 2.88. The average molecular weight is 395 g/mol. The molecule has 6 heteroatoms. The molecule has 0 radical (unpaired) electrons. The first kappa shape index (κ1) is 20.5. The number of nitrogens with one attached hydrogen (secondary N) is 1. The maximum Gasteiger partial charge on any atom is 0.331 e. The van der Waals surface area contributed by atoms with Crippen molar-refractivity contribution in [3.63, 3.8) is 0 Å². The highest BCUT2D eigenvalue weighted by Gasteiger charge is 2.14. The molecule has 29 heavy (non-hydrogen) atoms.